The van der Waals surface area contributed by atoms with E-state index in [1.54, 1.807) is 0 Å². The van der Waals surface area contributed by atoms with Crippen LogP contribution in [0.1, 0.15) is 51.4 Å². The topological polar surface area (TPSA) is 32.3 Å². The number of aryl methyl sites for hydroxylation is 1. The van der Waals surface area contributed by atoms with Gasteiger partial charge in [0.2, 0.25) is 5.91 Å². The summed E-state index contributed by atoms with van der Waals surface area (Å²) in [5, 5.41) is 3.54. The molecule has 1 aromatic carbocycles. The van der Waals surface area contributed by atoms with E-state index in [1.807, 2.05) is 11.8 Å². The normalized spacial score (nSPS) is 26.6. The summed E-state index contributed by atoms with van der Waals surface area (Å²) in [7, 11) is 0. The highest BCUT2D eigenvalue weighted by molar-refractivity contribution is 5.88. The van der Waals surface area contributed by atoms with Crippen LogP contribution in [0.2, 0.25) is 0 Å². The second-order valence-corrected chi connectivity index (χ2v) is 6.50. The molecule has 2 rings (SSSR count). The average molecular weight is 274 g/mol. The predicted molar refractivity (Wildman–Crippen MR) is 82.3 cm³/mol. The van der Waals surface area contributed by atoms with Gasteiger partial charge in [0.1, 0.15) is 6.17 Å². The Morgan fingerprint density at radius 1 is 1.40 bits per heavy atom. The number of nitrogens with zero attached hydrogens (tertiary/aromatic N) is 1. The molecule has 2 atom stereocenters. The van der Waals surface area contributed by atoms with Gasteiger partial charge in [-0.15, -0.1) is 0 Å². The van der Waals surface area contributed by atoms with Crippen LogP contribution >= 0.6 is 0 Å². The summed E-state index contributed by atoms with van der Waals surface area (Å²) in [6.45, 7) is 11.3. The second-order valence-electron chi connectivity index (χ2n) is 6.50. The lowest BCUT2D eigenvalue weighted by atomic mass is 9.99. The van der Waals surface area contributed by atoms with Gasteiger partial charge in [-0.1, -0.05) is 50.6 Å². The van der Waals surface area contributed by atoms with Crippen LogP contribution in [0.3, 0.4) is 0 Å². The number of hydrogen-bond donors (Lipinski definition) is 1. The first-order chi connectivity index (χ1) is 9.37. The Labute approximate surface area is 122 Å². The highest BCUT2D eigenvalue weighted by Crippen LogP contribution is 2.33. The van der Waals surface area contributed by atoms with Crippen molar-refractivity contribution in [2.75, 3.05) is 6.54 Å². The maximum absolute atomic E-state index is 12.7. The minimum absolute atomic E-state index is 0.00486. The van der Waals surface area contributed by atoms with Crippen molar-refractivity contribution in [3.05, 3.63) is 35.4 Å². The molecule has 3 heteroatoms. The molecular formula is C17H26N2O. The molecule has 0 bridgehead atoms. The summed E-state index contributed by atoms with van der Waals surface area (Å²) < 4.78 is 0. The van der Waals surface area contributed by atoms with E-state index in [-0.39, 0.29) is 12.1 Å². The molecule has 3 nitrogen and oxygen atoms in total. The molecule has 0 radical (unpaired) electrons. The zero-order valence-corrected chi connectivity index (χ0v) is 13.2. The minimum Gasteiger partial charge on any atom is -0.321 e. The molecule has 2 unspecified atom stereocenters. The Morgan fingerprint density at radius 3 is 2.65 bits per heavy atom. The molecular weight excluding hydrogens is 248 g/mol. The van der Waals surface area contributed by atoms with Gasteiger partial charge in [0.05, 0.1) is 5.54 Å². The number of hydrogen-bond acceptors (Lipinski definition) is 2. The summed E-state index contributed by atoms with van der Waals surface area (Å²) >= 11 is 0. The van der Waals surface area contributed by atoms with Crippen molar-refractivity contribution in [3.8, 4) is 0 Å². The molecule has 0 spiro atoms. The number of rotatable bonds is 4. The average Bonchev–Trinajstić information content (AvgIpc) is 2.64. The molecule has 20 heavy (non-hydrogen) atoms. The van der Waals surface area contributed by atoms with Gasteiger partial charge in [0.25, 0.3) is 0 Å². The van der Waals surface area contributed by atoms with Crippen LogP contribution in [0, 0.1) is 12.8 Å². The van der Waals surface area contributed by atoms with Crippen molar-refractivity contribution >= 4 is 5.91 Å². The zero-order valence-electron chi connectivity index (χ0n) is 13.2. The summed E-state index contributed by atoms with van der Waals surface area (Å²) in [5.41, 5.74) is 1.96. The Balaban J connectivity index is 2.36. The van der Waals surface area contributed by atoms with Crippen molar-refractivity contribution in [3.63, 3.8) is 0 Å². The molecule has 110 valence electrons. The summed E-state index contributed by atoms with van der Waals surface area (Å²) in [4.78, 5) is 14.7. The van der Waals surface area contributed by atoms with Crippen molar-refractivity contribution in [1.29, 1.82) is 0 Å². The Kier molecular flexibility index (Phi) is 4.19. The quantitative estimate of drug-likeness (QED) is 0.914. The molecule has 1 heterocycles. The fourth-order valence-corrected chi connectivity index (χ4v) is 2.81. The van der Waals surface area contributed by atoms with E-state index < -0.39 is 5.54 Å². The second kappa shape index (κ2) is 5.57. The standard InChI is InChI=1S/C17H26N2O/c1-6-17(5)16(20)19(11-12(2)3)15(18-17)14-9-7-8-13(4)10-14/h7-10,12,15,18H,6,11H2,1-5H3. The van der Waals surface area contributed by atoms with Crippen LogP contribution in [0.4, 0.5) is 0 Å². The molecule has 1 N–H and O–H groups in total. The van der Waals surface area contributed by atoms with Crippen LogP contribution in [0.15, 0.2) is 24.3 Å². The van der Waals surface area contributed by atoms with E-state index in [4.69, 9.17) is 0 Å². The highest BCUT2D eigenvalue weighted by atomic mass is 16.2. The lowest BCUT2D eigenvalue weighted by Gasteiger charge is -2.26. The minimum atomic E-state index is -0.441. The highest BCUT2D eigenvalue weighted by Gasteiger charge is 2.47. The van der Waals surface area contributed by atoms with Crippen molar-refractivity contribution in [2.45, 2.75) is 52.7 Å². The van der Waals surface area contributed by atoms with Crippen LogP contribution in [0.25, 0.3) is 0 Å². The van der Waals surface area contributed by atoms with Gasteiger partial charge in [-0.05, 0) is 31.7 Å². The summed E-state index contributed by atoms with van der Waals surface area (Å²) in [6, 6.07) is 8.42. The fraction of sp³-hybridized carbons (Fsp3) is 0.588. The number of nitrogens with one attached hydrogen (secondary N) is 1. The number of benzene rings is 1. The molecule has 1 aliphatic heterocycles. The maximum Gasteiger partial charge on any atom is 0.244 e. The maximum atomic E-state index is 12.7. The third-order valence-electron chi connectivity index (χ3n) is 4.13. The zero-order chi connectivity index (χ0) is 14.9. The molecule has 1 aromatic rings. The van der Waals surface area contributed by atoms with E-state index in [2.05, 4.69) is 57.3 Å². The van der Waals surface area contributed by atoms with Crippen molar-refractivity contribution < 1.29 is 4.79 Å². The molecule has 1 amide bonds. The summed E-state index contributed by atoms with van der Waals surface area (Å²) in [6.07, 6.45) is 0.803. The Hall–Kier alpha value is -1.35. The smallest absolute Gasteiger partial charge is 0.244 e. The first-order valence-electron chi connectivity index (χ1n) is 7.52. The predicted octanol–water partition coefficient (Wildman–Crippen LogP) is 3.25. The van der Waals surface area contributed by atoms with Crippen LogP contribution in [-0.4, -0.2) is 22.9 Å². The molecule has 1 aliphatic rings. The van der Waals surface area contributed by atoms with Crippen LogP contribution in [0.5, 0.6) is 0 Å². The van der Waals surface area contributed by atoms with Gasteiger partial charge >= 0.3 is 0 Å². The summed E-state index contributed by atoms with van der Waals surface area (Å²) in [5.74, 6) is 0.687. The lowest BCUT2D eigenvalue weighted by molar-refractivity contribution is -0.133. The van der Waals surface area contributed by atoms with Crippen LogP contribution in [-0.2, 0) is 4.79 Å². The SMILES string of the molecule is CCC1(C)NC(c2cccc(C)c2)N(CC(C)C)C1=O. The monoisotopic (exact) mass is 274 g/mol. The van der Waals surface area contributed by atoms with Gasteiger partial charge < -0.3 is 4.90 Å². The molecule has 0 saturated carbocycles. The van der Waals surface area contributed by atoms with E-state index in [0.29, 0.717) is 5.92 Å². The van der Waals surface area contributed by atoms with Crippen molar-refractivity contribution in [1.82, 2.24) is 10.2 Å². The molecule has 1 fully saturated rings. The van der Waals surface area contributed by atoms with Crippen LogP contribution < -0.4 is 5.32 Å². The Bertz CT molecular complexity index is 498. The largest absolute Gasteiger partial charge is 0.321 e. The van der Waals surface area contributed by atoms with Crippen molar-refractivity contribution in [2.24, 2.45) is 5.92 Å². The van der Waals surface area contributed by atoms with Gasteiger partial charge in [0, 0.05) is 6.54 Å². The van der Waals surface area contributed by atoms with E-state index in [1.165, 1.54) is 11.1 Å². The molecule has 0 aromatic heterocycles. The fourth-order valence-electron chi connectivity index (χ4n) is 2.81. The van der Waals surface area contributed by atoms with E-state index in [0.717, 1.165) is 13.0 Å². The third kappa shape index (κ3) is 2.73. The number of carbonyl (C=O) groups is 1. The third-order valence-corrected chi connectivity index (χ3v) is 4.13. The van der Waals surface area contributed by atoms with Gasteiger partial charge in [0.15, 0.2) is 0 Å². The van der Waals surface area contributed by atoms with E-state index >= 15 is 0 Å². The van der Waals surface area contributed by atoms with Gasteiger partial charge in [-0.3, -0.25) is 10.1 Å². The lowest BCUT2D eigenvalue weighted by Crippen LogP contribution is -2.43. The van der Waals surface area contributed by atoms with E-state index in [9.17, 15) is 4.79 Å². The molecule has 0 aliphatic carbocycles. The number of amides is 1. The van der Waals surface area contributed by atoms with Gasteiger partial charge in [-0.2, -0.15) is 0 Å². The first-order valence-corrected chi connectivity index (χ1v) is 7.52. The van der Waals surface area contributed by atoms with Gasteiger partial charge in [-0.25, -0.2) is 0 Å². The first kappa shape index (κ1) is 15.0. The number of carbonyl (C=O) groups excluding carboxylic acids is 1. The Morgan fingerprint density at radius 2 is 2.10 bits per heavy atom. The molecule has 1 saturated heterocycles.